The maximum atomic E-state index is 14.3. The number of anilines is 2. The maximum Gasteiger partial charge on any atom is 0.269 e. The van der Waals surface area contributed by atoms with Crippen molar-refractivity contribution in [2.45, 2.75) is 19.8 Å². The summed E-state index contributed by atoms with van der Waals surface area (Å²) in [5.74, 6) is -0.598. The highest BCUT2D eigenvalue weighted by atomic mass is 19.1. The molecule has 1 aliphatic heterocycles. The third kappa shape index (κ3) is 3.76. The Balaban J connectivity index is 1.71. The Labute approximate surface area is 144 Å². The molecule has 2 aromatic carbocycles. The number of aryl methyl sites for hydroxylation is 2. The summed E-state index contributed by atoms with van der Waals surface area (Å²) >= 11 is 0. The molecule has 1 N–H and O–H groups in total. The Morgan fingerprint density at radius 1 is 1.32 bits per heavy atom. The van der Waals surface area contributed by atoms with E-state index in [0.717, 1.165) is 24.0 Å². The van der Waals surface area contributed by atoms with Crippen LogP contribution in [0, 0.1) is 22.9 Å². The largest absolute Gasteiger partial charge is 0.360 e. The lowest BCUT2D eigenvalue weighted by molar-refractivity contribution is -0.384. The van der Waals surface area contributed by atoms with Crippen molar-refractivity contribution in [1.82, 2.24) is 0 Å². The second-order valence-electron chi connectivity index (χ2n) is 6.13. The van der Waals surface area contributed by atoms with Crippen LogP contribution in [0.4, 0.5) is 21.5 Å². The fourth-order valence-electron chi connectivity index (χ4n) is 3.12. The minimum absolute atomic E-state index is 0.0317. The number of nitro benzene ring substituents is 1. The van der Waals surface area contributed by atoms with Crippen molar-refractivity contribution in [2.24, 2.45) is 0 Å². The average molecular weight is 343 g/mol. The van der Waals surface area contributed by atoms with Crippen molar-refractivity contribution in [2.75, 3.05) is 23.3 Å². The van der Waals surface area contributed by atoms with Gasteiger partial charge in [0.2, 0.25) is 5.91 Å². The number of nitrogens with one attached hydrogen (secondary N) is 1. The minimum atomic E-state index is -0.499. The molecule has 25 heavy (non-hydrogen) atoms. The second kappa shape index (κ2) is 6.88. The molecular weight excluding hydrogens is 325 g/mol. The quantitative estimate of drug-likeness (QED) is 0.682. The molecule has 0 bridgehead atoms. The van der Waals surface area contributed by atoms with Gasteiger partial charge in [-0.1, -0.05) is 6.07 Å². The molecule has 0 saturated carbocycles. The summed E-state index contributed by atoms with van der Waals surface area (Å²) in [6.45, 7) is 2.49. The van der Waals surface area contributed by atoms with Crippen LogP contribution in [0.5, 0.6) is 0 Å². The van der Waals surface area contributed by atoms with Crippen molar-refractivity contribution in [3.8, 4) is 0 Å². The van der Waals surface area contributed by atoms with E-state index < -0.39 is 4.92 Å². The van der Waals surface area contributed by atoms with Gasteiger partial charge in [0.25, 0.3) is 5.69 Å². The van der Waals surface area contributed by atoms with E-state index in [0.29, 0.717) is 17.9 Å². The highest BCUT2D eigenvalue weighted by molar-refractivity contribution is 5.94. The Morgan fingerprint density at radius 2 is 2.04 bits per heavy atom. The molecular formula is C18H18FN3O3. The van der Waals surface area contributed by atoms with Crippen LogP contribution < -0.4 is 10.2 Å². The van der Waals surface area contributed by atoms with Gasteiger partial charge in [-0.3, -0.25) is 14.9 Å². The molecule has 7 heteroatoms. The number of benzene rings is 2. The summed E-state index contributed by atoms with van der Waals surface area (Å²) in [7, 11) is 0. The van der Waals surface area contributed by atoms with Crippen LogP contribution in [-0.4, -0.2) is 23.9 Å². The standard InChI is InChI=1S/C18H18FN3O3/c1-12-9-13-3-2-8-21(18(13)16(19)10-12)11-17(23)20-14-4-6-15(7-5-14)22(24)25/h4-7,9-10H,2-3,8,11H2,1H3,(H,20,23). The Hall–Kier alpha value is -2.96. The fraction of sp³-hybridized carbons (Fsp3) is 0.278. The van der Waals surface area contributed by atoms with Crippen molar-refractivity contribution in [1.29, 1.82) is 0 Å². The third-order valence-electron chi connectivity index (χ3n) is 4.17. The monoisotopic (exact) mass is 343 g/mol. The number of halogens is 1. The molecule has 0 aliphatic carbocycles. The number of hydrogen-bond donors (Lipinski definition) is 1. The van der Waals surface area contributed by atoms with Crippen LogP contribution in [0.3, 0.4) is 0 Å². The van der Waals surface area contributed by atoms with Crippen LogP contribution in [-0.2, 0) is 11.2 Å². The number of fused-ring (bicyclic) bond motifs is 1. The minimum Gasteiger partial charge on any atom is -0.360 e. The highest BCUT2D eigenvalue weighted by Crippen LogP contribution is 2.31. The van der Waals surface area contributed by atoms with Crippen molar-refractivity contribution >= 4 is 23.0 Å². The Kier molecular flexibility index (Phi) is 4.65. The van der Waals surface area contributed by atoms with Crippen LogP contribution in [0.2, 0.25) is 0 Å². The summed E-state index contributed by atoms with van der Waals surface area (Å²) in [4.78, 5) is 24.2. The van der Waals surface area contributed by atoms with E-state index in [-0.39, 0.29) is 24.0 Å². The molecule has 0 unspecified atom stereocenters. The number of carbonyl (C=O) groups excluding carboxylic acids is 1. The smallest absolute Gasteiger partial charge is 0.269 e. The Morgan fingerprint density at radius 3 is 2.72 bits per heavy atom. The molecule has 0 aromatic heterocycles. The summed E-state index contributed by atoms with van der Waals surface area (Å²) in [6, 6.07) is 9.04. The number of amides is 1. The topological polar surface area (TPSA) is 75.5 Å². The Bertz CT molecular complexity index is 821. The van der Waals surface area contributed by atoms with Crippen LogP contribution in [0.15, 0.2) is 36.4 Å². The summed E-state index contributed by atoms with van der Waals surface area (Å²) in [6.07, 6.45) is 1.66. The van der Waals surface area contributed by atoms with Crippen molar-refractivity contribution in [3.05, 3.63) is 63.5 Å². The lowest BCUT2D eigenvalue weighted by atomic mass is 9.99. The fourth-order valence-corrected chi connectivity index (χ4v) is 3.12. The second-order valence-corrected chi connectivity index (χ2v) is 6.13. The normalized spacial score (nSPS) is 13.3. The SMILES string of the molecule is Cc1cc(F)c2c(c1)CCCN2CC(=O)Nc1ccc([N+](=O)[O-])cc1. The van der Waals surface area contributed by atoms with Crippen LogP contribution >= 0.6 is 0 Å². The first-order valence-electron chi connectivity index (χ1n) is 8.02. The summed E-state index contributed by atoms with van der Waals surface area (Å²) in [5, 5.41) is 13.3. The molecule has 2 aromatic rings. The average Bonchev–Trinajstić information content (AvgIpc) is 2.54. The van der Waals surface area contributed by atoms with Gasteiger partial charge >= 0.3 is 0 Å². The summed E-state index contributed by atoms with van der Waals surface area (Å²) in [5.41, 5.74) is 2.72. The first kappa shape index (κ1) is 16.9. The van der Waals surface area contributed by atoms with E-state index in [4.69, 9.17) is 0 Å². The first-order chi connectivity index (χ1) is 11.9. The number of rotatable bonds is 4. The lowest BCUT2D eigenvalue weighted by Gasteiger charge is -2.31. The number of hydrogen-bond acceptors (Lipinski definition) is 4. The van der Waals surface area contributed by atoms with Gasteiger partial charge in [0, 0.05) is 24.4 Å². The van der Waals surface area contributed by atoms with E-state index in [1.807, 2.05) is 13.0 Å². The molecule has 0 radical (unpaired) electrons. The van der Waals surface area contributed by atoms with Crippen molar-refractivity contribution in [3.63, 3.8) is 0 Å². The summed E-state index contributed by atoms with van der Waals surface area (Å²) < 4.78 is 14.3. The zero-order valence-electron chi connectivity index (χ0n) is 13.8. The van der Waals surface area contributed by atoms with E-state index in [1.54, 1.807) is 4.90 Å². The highest BCUT2D eigenvalue weighted by Gasteiger charge is 2.23. The molecule has 0 atom stereocenters. The third-order valence-corrected chi connectivity index (χ3v) is 4.17. The first-order valence-corrected chi connectivity index (χ1v) is 8.02. The predicted molar refractivity (Wildman–Crippen MR) is 93.4 cm³/mol. The van der Waals surface area contributed by atoms with Crippen molar-refractivity contribution < 1.29 is 14.1 Å². The zero-order chi connectivity index (χ0) is 18.0. The maximum absolute atomic E-state index is 14.3. The zero-order valence-corrected chi connectivity index (χ0v) is 13.8. The van der Waals surface area contributed by atoms with Gasteiger partial charge in [-0.05, 0) is 49.1 Å². The van der Waals surface area contributed by atoms with Gasteiger partial charge < -0.3 is 10.2 Å². The molecule has 6 nitrogen and oxygen atoms in total. The molecule has 130 valence electrons. The van der Waals surface area contributed by atoms with Crippen LogP contribution in [0.1, 0.15) is 17.5 Å². The molecule has 0 saturated heterocycles. The van der Waals surface area contributed by atoms with E-state index in [9.17, 15) is 19.3 Å². The molecule has 0 fully saturated rings. The van der Waals surface area contributed by atoms with E-state index in [2.05, 4.69) is 5.32 Å². The molecule has 1 aliphatic rings. The lowest BCUT2D eigenvalue weighted by Crippen LogP contribution is -2.37. The van der Waals surface area contributed by atoms with Gasteiger partial charge in [-0.25, -0.2) is 4.39 Å². The number of nitrogens with zero attached hydrogens (tertiary/aromatic N) is 2. The van der Waals surface area contributed by atoms with Crippen LogP contribution in [0.25, 0.3) is 0 Å². The van der Waals surface area contributed by atoms with Gasteiger partial charge in [0.1, 0.15) is 5.82 Å². The van der Waals surface area contributed by atoms with Gasteiger partial charge in [0.15, 0.2) is 0 Å². The number of non-ortho nitro benzene ring substituents is 1. The van der Waals surface area contributed by atoms with E-state index in [1.165, 1.54) is 30.3 Å². The van der Waals surface area contributed by atoms with Gasteiger partial charge in [0.05, 0.1) is 17.2 Å². The molecule has 1 amide bonds. The van der Waals surface area contributed by atoms with E-state index >= 15 is 0 Å². The predicted octanol–water partition coefficient (Wildman–Crippen LogP) is 3.43. The molecule has 0 spiro atoms. The van der Waals surface area contributed by atoms with Gasteiger partial charge in [-0.15, -0.1) is 0 Å². The van der Waals surface area contributed by atoms with Gasteiger partial charge in [-0.2, -0.15) is 0 Å². The number of carbonyl (C=O) groups is 1. The molecule has 3 rings (SSSR count). The molecule has 1 heterocycles. The number of nitro groups is 1.